The zero-order valence-electron chi connectivity index (χ0n) is 10.9. The molecule has 0 aromatic heterocycles. The van der Waals surface area contributed by atoms with Gasteiger partial charge >= 0.3 is 0 Å². The molecule has 5 nitrogen and oxygen atoms in total. The van der Waals surface area contributed by atoms with Gasteiger partial charge in [-0.05, 0) is 34.9 Å². The Hall–Kier alpha value is -2.69. The minimum absolute atomic E-state index is 0.0174. The number of rotatable bonds is 2. The Morgan fingerprint density at radius 2 is 1.75 bits per heavy atom. The van der Waals surface area contributed by atoms with Crippen LogP contribution in [0.1, 0.15) is 15.9 Å². The largest absolute Gasteiger partial charge is 0.337 e. The van der Waals surface area contributed by atoms with Gasteiger partial charge in [0, 0.05) is 31.3 Å². The summed E-state index contributed by atoms with van der Waals surface area (Å²) < 4.78 is 0. The Morgan fingerprint density at radius 1 is 1.10 bits per heavy atom. The zero-order valence-corrected chi connectivity index (χ0v) is 10.9. The van der Waals surface area contributed by atoms with Gasteiger partial charge in [-0.2, -0.15) is 0 Å². The van der Waals surface area contributed by atoms with Crippen LogP contribution in [0.4, 0.5) is 5.69 Å². The molecule has 0 saturated heterocycles. The van der Waals surface area contributed by atoms with E-state index in [1.54, 1.807) is 24.1 Å². The van der Waals surface area contributed by atoms with Gasteiger partial charge in [0.25, 0.3) is 11.6 Å². The predicted molar refractivity (Wildman–Crippen MR) is 74.3 cm³/mol. The van der Waals surface area contributed by atoms with Crippen LogP contribution in [-0.2, 0) is 6.54 Å². The molecule has 2 aromatic rings. The number of nitrogens with zero attached hydrogens (tertiary/aromatic N) is 2. The van der Waals surface area contributed by atoms with Gasteiger partial charge in [0.2, 0.25) is 0 Å². The minimum atomic E-state index is -0.426. The molecule has 20 heavy (non-hydrogen) atoms. The van der Waals surface area contributed by atoms with Crippen molar-refractivity contribution >= 4 is 11.6 Å². The second-order valence-electron chi connectivity index (χ2n) is 4.84. The molecule has 0 atom stereocenters. The van der Waals surface area contributed by atoms with Gasteiger partial charge in [-0.25, -0.2) is 0 Å². The molecule has 0 radical (unpaired) electrons. The molecule has 0 unspecified atom stereocenters. The second-order valence-corrected chi connectivity index (χ2v) is 4.84. The molecule has 1 amide bonds. The lowest BCUT2D eigenvalue weighted by atomic mass is 10.0. The third kappa shape index (κ3) is 1.93. The summed E-state index contributed by atoms with van der Waals surface area (Å²) in [6, 6.07) is 12.1. The van der Waals surface area contributed by atoms with E-state index in [0.29, 0.717) is 12.1 Å². The molecule has 0 fully saturated rings. The second kappa shape index (κ2) is 4.45. The van der Waals surface area contributed by atoms with Crippen LogP contribution in [0, 0.1) is 10.1 Å². The maximum Gasteiger partial charge on any atom is 0.269 e. The maximum atomic E-state index is 12.0. The summed E-state index contributed by atoms with van der Waals surface area (Å²) in [6.07, 6.45) is 0. The lowest BCUT2D eigenvalue weighted by Gasteiger charge is -2.05. The standard InChI is InChI=1S/C15H12N2O3/c1-16-9-12-3-2-11(8-14(12)15(16)18)10-4-6-13(7-5-10)17(19)20/h2-8H,9H2,1H3. The fourth-order valence-corrected chi connectivity index (χ4v) is 2.40. The summed E-state index contributed by atoms with van der Waals surface area (Å²) in [5.41, 5.74) is 3.54. The molecule has 100 valence electrons. The van der Waals surface area contributed by atoms with Gasteiger partial charge in [0.15, 0.2) is 0 Å². The highest BCUT2D eigenvalue weighted by Gasteiger charge is 2.24. The van der Waals surface area contributed by atoms with Crippen LogP contribution in [0.15, 0.2) is 42.5 Å². The summed E-state index contributed by atoms with van der Waals surface area (Å²) in [6.45, 7) is 0.634. The topological polar surface area (TPSA) is 63.4 Å². The van der Waals surface area contributed by atoms with E-state index in [2.05, 4.69) is 0 Å². The van der Waals surface area contributed by atoms with E-state index in [-0.39, 0.29) is 11.6 Å². The number of benzene rings is 2. The van der Waals surface area contributed by atoms with Crippen LogP contribution in [-0.4, -0.2) is 22.8 Å². The van der Waals surface area contributed by atoms with E-state index in [1.165, 1.54) is 12.1 Å². The Labute approximate surface area is 115 Å². The minimum Gasteiger partial charge on any atom is -0.337 e. The first-order chi connectivity index (χ1) is 9.56. The summed E-state index contributed by atoms with van der Waals surface area (Å²) in [5, 5.41) is 10.6. The van der Waals surface area contributed by atoms with Crippen molar-refractivity contribution in [1.82, 2.24) is 4.90 Å². The number of non-ortho nitro benzene ring substituents is 1. The van der Waals surface area contributed by atoms with E-state index in [4.69, 9.17) is 0 Å². The lowest BCUT2D eigenvalue weighted by molar-refractivity contribution is -0.384. The van der Waals surface area contributed by atoms with Crippen molar-refractivity contribution in [3.8, 4) is 11.1 Å². The van der Waals surface area contributed by atoms with Crippen LogP contribution < -0.4 is 0 Å². The highest BCUT2D eigenvalue weighted by Crippen LogP contribution is 2.28. The number of amides is 1. The highest BCUT2D eigenvalue weighted by molar-refractivity contribution is 5.99. The van der Waals surface area contributed by atoms with Gasteiger partial charge in [-0.15, -0.1) is 0 Å². The molecule has 5 heteroatoms. The molecule has 0 aliphatic carbocycles. The third-order valence-electron chi connectivity index (χ3n) is 3.51. The van der Waals surface area contributed by atoms with Crippen molar-refractivity contribution in [3.05, 3.63) is 63.7 Å². The van der Waals surface area contributed by atoms with Crippen molar-refractivity contribution < 1.29 is 9.72 Å². The van der Waals surface area contributed by atoms with Crippen molar-refractivity contribution in [2.45, 2.75) is 6.54 Å². The third-order valence-corrected chi connectivity index (χ3v) is 3.51. The van der Waals surface area contributed by atoms with Crippen molar-refractivity contribution in [1.29, 1.82) is 0 Å². The molecule has 1 aliphatic heterocycles. The number of nitro groups is 1. The number of hydrogen-bond donors (Lipinski definition) is 0. The van der Waals surface area contributed by atoms with E-state index in [0.717, 1.165) is 16.7 Å². The van der Waals surface area contributed by atoms with Crippen LogP contribution in [0.25, 0.3) is 11.1 Å². The number of carbonyl (C=O) groups excluding carboxylic acids is 1. The first kappa shape index (κ1) is 12.3. The van der Waals surface area contributed by atoms with Crippen LogP contribution in [0.2, 0.25) is 0 Å². The van der Waals surface area contributed by atoms with Gasteiger partial charge in [0.05, 0.1) is 4.92 Å². The quantitative estimate of drug-likeness (QED) is 0.621. The first-order valence-electron chi connectivity index (χ1n) is 6.19. The van der Waals surface area contributed by atoms with Crippen LogP contribution in [0.3, 0.4) is 0 Å². The summed E-state index contributed by atoms with van der Waals surface area (Å²) in [5.74, 6) is 0.0174. The smallest absolute Gasteiger partial charge is 0.269 e. The fraction of sp³-hybridized carbons (Fsp3) is 0.133. The summed E-state index contributed by atoms with van der Waals surface area (Å²) >= 11 is 0. The normalized spacial score (nSPS) is 13.4. The molecule has 0 spiro atoms. The molecule has 0 bridgehead atoms. The number of carbonyl (C=O) groups is 1. The van der Waals surface area contributed by atoms with E-state index in [9.17, 15) is 14.9 Å². The van der Waals surface area contributed by atoms with E-state index >= 15 is 0 Å². The fourth-order valence-electron chi connectivity index (χ4n) is 2.40. The van der Waals surface area contributed by atoms with Crippen molar-refractivity contribution in [3.63, 3.8) is 0 Å². The van der Waals surface area contributed by atoms with E-state index < -0.39 is 4.92 Å². The number of fused-ring (bicyclic) bond motifs is 1. The summed E-state index contributed by atoms with van der Waals surface area (Å²) in [4.78, 5) is 23.8. The average Bonchev–Trinajstić information content (AvgIpc) is 2.74. The van der Waals surface area contributed by atoms with Gasteiger partial charge in [-0.1, -0.05) is 12.1 Å². The Kier molecular flexibility index (Phi) is 2.75. The highest BCUT2D eigenvalue weighted by atomic mass is 16.6. The van der Waals surface area contributed by atoms with Crippen molar-refractivity contribution in [2.24, 2.45) is 0 Å². The number of nitro benzene ring substituents is 1. The van der Waals surface area contributed by atoms with Crippen LogP contribution >= 0.6 is 0 Å². The maximum absolute atomic E-state index is 12.0. The first-order valence-corrected chi connectivity index (χ1v) is 6.19. The Bertz CT molecular complexity index is 708. The molecule has 3 rings (SSSR count). The van der Waals surface area contributed by atoms with E-state index in [1.807, 2.05) is 18.2 Å². The zero-order chi connectivity index (χ0) is 14.3. The van der Waals surface area contributed by atoms with Gasteiger partial charge in [-0.3, -0.25) is 14.9 Å². The van der Waals surface area contributed by atoms with Crippen LogP contribution in [0.5, 0.6) is 0 Å². The number of hydrogen-bond acceptors (Lipinski definition) is 3. The molecule has 0 saturated carbocycles. The molecule has 0 N–H and O–H groups in total. The van der Waals surface area contributed by atoms with Gasteiger partial charge in [0.1, 0.15) is 0 Å². The predicted octanol–water partition coefficient (Wildman–Crippen LogP) is 2.85. The SMILES string of the molecule is CN1Cc2ccc(-c3ccc([N+](=O)[O-])cc3)cc2C1=O. The lowest BCUT2D eigenvalue weighted by Crippen LogP contribution is -2.17. The Balaban J connectivity index is 2.00. The molecular weight excluding hydrogens is 256 g/mol. The molecule has 1 aliphatic rings. The average molecular weight is 268 g/mol. The Morgan fingerprint density at radius 3 is 2.40 bits per heavy atom. The van der Waals surface area contributed by atoms with Crippen molar-refractivity contribution in [2.75, 3.05) is 7.05 Å². The molecular formula is C15H12N2O3. The summed E-state index contributed by atoms with van der Waals surface area (Å²) in [7, 11) is 1.77. The molecule has 1 heterocycles. The monoisotopic (exact) mass is 268 g/mol. The van der Waals surface area contributed by atoms with Gasteiger partial charge < -0.3 is 4.90 Å². The molecule has 2 aromatic carbocycles.